The Labute approximate surface area is 185 Å². The van der Waals surface area contributed by atoms with Gasteiger partial charge in [-0.05, 0) is 43.3 Å². The third-order valence-corrected chi connectivity index (χ3v) is 5.66. The van der Waals surface area contributed by atoms with Crippen LogP contribution in [0.1, 0.15) is 12.5 Å². The largest absolute Gasteiger partial charge is 0.494 e. The van der Waals surface area contributed by atoms with E-state index >= 15 is 0 Å². The topological polar surface area (TPSA) is 101 Å². The van der Waals surface area contributed by atoms with Gasteiger partial charge in [-0.1, -0.05) is 29.8 Å². The second-order valence-corrected chi connectivity index (χ2v) is 8.82. The van der Waals surface area contributed by atoms with Crippen molar-refractivity contribution in [3.05, 3.63) is 65.3 Å². The Balaban J connectivity index is 1.71. The minimum atomic E-state index is -3.70. The van der Waals surface area contributed by atoms with E-state index in [0.29, 0.717) is 23.6 Å². The lowest BCUT2D eigenvalue weighted by Crippen LogP contribution is -2.39. The van der Waals surface area contributed by atoms with Crippen molar-refractivity contribution >= 4 is 50.3 Å². The van der Waals surface area contributed by atoms with Crippen LogP contribution in [0.2, 0.25) is 5.15 Å². The van der Waals surface area contributed by atoms with Gasteiger partial charge in [-0.3, -0.25) is 9.10 Å². The van der Waals surface area contributed by atoms with E-state index in [1.54, 1.807) is 30.3 Å². The monoisotopic (exact) mass is 460 g/mol. The molecular formula is C21H21ClN4O4S. The number of anilines is 1. The Morgan fingerprint density at radius 2 is 1.94 bits per heavy atom. The van der Waals surface area contributed by atoms with Gasteiger partial charge in [0.05, 0.1) is 30.3 Å². The van der Waals surface area contributed by atoms with E-state index in [1.165, 1.54) is 6.21 Å². The van der Waals surface area contributed by atoms with Crippen molar-refractivity contribution in [2.45, 2.75) is 6.92 Å². The molecule has 0 aliphatic carbocycles. The first kappa shape index (κ1) is 22.5. The number of amides is 1. The van der Waals surface area contributed by atoms with Crippen molar-refractivity contribution in [3.8, 4) is 5.75 Å². The Morgan fingerprint density at radius 3 is 2.61 bits per heavy atom. The predicted octanol–water partition coefficient (Wildman–Crippen LogP) is 3.20. The summed E-state index contributed by atoms with van der Waals surface area (Å²) in [5.41, 5.74) is 3.93. The first-order valence-corrected chi connectivity index (χ1v) is 11.6. The summed E-state index contributed by atoms with van der Waals surface area (Å²) in [7, 11) is -3.70. The zero-order valence-electron chi connectivity index (χ0n) is 16.9. The molecule has 0 radical (unpaired) electrons. The smallest absolute Gasteiger partial charge is 0.260 e. The molecule has 0 unspecified atom stereocenters. The molecule has 1 amide bonds. The number of benzene rings is 2. The second-order valence-electron chi connectivity index (χ2n) is 6.55. The molecule has 0 aliphatic heterocycles. The highest BCUT2D eigenvalue weighted by Crippen LogP contribution is 2.22. The molecule has 3 rings (SSSR count). The van der Waals surface area contributed by atoms with Gasteiger partial charge in [0.1, 0.15) is 17.4 Å². The number of sulfonamides is 1. The minimum absolute atomic E-state index is 0.240. The molecule has 0 saturated heterocycles. The van der Waals surface area contributed by atoms with Gasteiger partial charge >= 0.3 is 0 Å². The fraction of sp³-hybridized carbons (Fsp3) is 0.190. The highest BCUT2D eigenvalue weighted by Gasteiger charge is 2.20. The zero-order valence-corrected chi connectivity index (χ0v) is 18.5. The number of halogens is 1. The zero-order chi connectivity index (χ0) is 22.4. The maximum Gasteiger partial charge on any atom is 0.260 e. The molecule has 1 aromatic heterocycles. The molecule has 0 bridgehead atoms. The molecule has 10 heteroatoms. The number of ether oxygens (including phenoxy) is 1. The van der Waals surface area contributed by atoms with E-state index < -0.39 is 22.5 Å². The number of fused-ring (bicyclic) bond motifs is 1. The van der Waals surface area contributed by atoms with Crippen molar-refractivity contribution in [3.63, 3.8) is 0 Å². The average Bonchev–Trinajstić information content (AvgIpc) is 2.72. The van der Waals surface area contributed by atoms with E-state index in [-0.39, 0.29) is 5.15 Å². The molecular weight excluding hydrogens is 440 g/mol. The van der Waals surface area contributed by atoms with E-state index in [9.17, 15) is 13.2 Å². The van der Waals surface area contributed by atoms with Gasteiger partial charge in [0.15, 0.2) is 0 Å². The van der Waals surface area contributed by atoms with Crippen LogP contribution in [-0.4, -0.2) is 44.9 Å². The lowest BCUT2D eigenvalue weighted by molar-refractivity contribution is -0.119. The number of nitrogens with zero attached hydrogens (tertiary/aromatic N) is 3. The van der Waals surface area contributed by atoms with Gasteiger partial charge in [-0.2, -0.15) is 5.10 Å². The molecule has 3 aromatic rings. The number of para-hydroxylation sites is 1. The molecule has 31 heavy (non-hydrogen) atoms. The maximum atomic E-state index is 12.3. The van der Waals surface area contributed by atoms with Crippen LogP contribution in [0.5, 0.6) is 5.75 Å². The predicted molar refractivity (Wildman–Crippen MR) is 122 cm³/mol. The number of carbonyl (C=O) groups is 1. The molecule has 1 N–H and O–H groups in total. The van der Waals surface area contributed by atoms with Crippen LogP contribution in [-0.2, 0) is 14.8 Å². The molecule has 2 aromatic carbocycles. The van der Waals surface area contributed by atoms with E-state index in [2.05, 4.69) is 15.5 Å². The van der Waals surface area contributed by atoms with Crippen molar-refractivity contribution in [2.75, 3.05) is 23.7 Å². The van der Waals surface area contributed by atoms with Gasteiger partial charge in [-0.25, -0.2) is 18.8 Å². The van der Waals surface area contributed by atoms with Crippen LogP contribution >= 0.6 is 11.6 Å². The van der Waals surface area contributed by atoms with Crippen LogP contribution in [0.3, 0.4) is 0 Å². The molecule has 0 atom stereocenters. The molecule has 8 nitrogen and oxygen atoms in total. The Morgan fingerprint density at radius 1 is 1.23 bits per heavy atom. The number of pyridine rings is 1. The van der Waals surface area contributed by atoms with Gasteiger partial charge < -0.3 is 4.74 Å². The van der Waals surface area contributed by atoms with Crippen LogP contribution < -0.4 is 14.5 Å². The number of hydrogen-bond acceptors (Lipinski definition) is 6. The summed E-state index contributed by atoms with van der Waals surface area (Å²) in [5, 5.41) is 5.00. The van der Waals surface area contributed by atoms with Crippen molar-refractivity contribution < 1.29 is 17.9 Å². The molecule has 0 saturated carbocycles. The lowest BCUT2D eigenvalue weighted by Gasteiger charge is -2.21. The van der Waals surface area contributed by atoms with Crippen molar-refractivity contribution in [1.82, 2.24) is 10.4 Å². The van der Waals surface area contributed by atoms with Crippen LogP contribution in [0.25, 0.3) is 10.9 Å². The lowest BCUT2D eigenvalue weighted by atomic mass is 10.2. The number of nitrogens with one attached hydrogen (secondary N) is 1. The number of hydrazone groups is 1. The number of aromatic nitrogens is 1. The Kier molecular flexibility index (Phi) is 7.09. The van der Waals surface area contributed by atoms with Crippen LogP contribution in [0.15, 0.2) is 59.7 Å². The summed E-state index contributed by atoms with van der Waals surface area (Å²) in [5.74, 6) is -0.00458. The summed E-state index contributed by atoms with van der Waals surface area (Å²) >= 11 is 6.17. The third kappa shape index (κ3) is 5.93. The highest BCUT2D eigenvalue weighted by molar-refractivity contribution is 7.92. The highest BCUT2D eigenvalue weighted by atomic mass is 35.5. The first-order chi connectivity index (χ1) is 14.8. The van der Waals surface area contributed by atoms with E-state index in [4.69, 9.17) is 16.3 Å². The molecule has 0 aliphatic rings. The van der Waals surface area contributed by atoms with Gasteiger partial charge in [0.25, 0.3) is 5.91 Å². The average molecular weight is 461 g/mol. The molecule has 162 valence electrons. The quantitative estimate of drug-likeness (QED) is 0.316. The Hall–Kier alpha value is -3.17. The first-order valence-electron chi connectivity index (χ1n) is 9.35. The van der Waals surface area contributed by atoms with Gasteiger partial charge in [0, 0.05) is 10.9 Å². The SMILES string of the molecule is CCOc1ccc(N(CC(=O)N/N=C\c2cc3ccccc3nc2Cl)S(C)(=O)=O)cc1. The van der Waals surface area contributed by atoms with Crippen molar-refractivity contribution in [1.29, 1.82) is 0 Å². The summed E-state index contributed by atoms with van der Waals surface area (Å²) in [6.07, 6.45) is 2.39. The normalized spacial score (nSPS) is 11.6. The summed E-state index contributed by atoms with van der Waals surface area (Å²) < 4.78 is 30.7. The molecule has 0 spiro atoms. The van der Waals surface area contributed by atoms with Crippen LogP contribution in [0, 0.1) is 0 Å². The van der Waals surface area contributed by atoms with Crippen LogP contribution in [0.4, 0.5) is 5.69 Å². The van der Waals surface area contributed by atoms with Gasteiger partial charge in [-0.15, -0.1) is 0 Å². The number of hydrogen-bond donors (Lipinski definition) is 1. The fourth-order valence-corrected chi connectivity index (χ4v) is 3.87. The summed E-state index contributed by atoms with van der Waals surface area (Å²) in [4.78, 5) is 16.6. The second kappa shape index (κ2) is 9.76. The molecule has 1 heterocycles. The maximum absolute atomic E-state index is 12.3. The minimum Gasteiger partial charge on any atom is -0.494 e. The van der Waals surface area contributed by atoms with E-state index in [1.807, 2.05) is 31.2 Å². The standard InChI is InChI=1S/C21H21ClN4O4S/c1-3-30-18-10-8-17(9-11-18)26(31(2,28)29)14-20(27)25-23-13-16-12-15-6-4-5-7-19(15)24-21(16)22/h4-13H,3,14H2,1-2H3,(H,25,27)/b23-13-. The Bertz CT molecular complexity index is 1210. The number of carbonyl (C=O) groups excluding carboxylic acids is 1. The van der Waals surface area contributed by atoms with E-state index in [0.717, 1.165) is 21.5 Å². The number of rotatable bonds is 8. The summed E-state index contributed by atoms with van der Waals surface area (Å²) in [6.45, 7) is 1.91. The fourth-order valence-electron chi connectivity index (χ4n) is 2.81. The molecule has 0 fully saturated rings. The van der Waals surface area contributed by atoms with Gasteiger partial charge in [0.2, 0.25) is 10.0 Å². The summed E-state index contributed by atoms with van der Waals surface area (Å²) in [6, 6.07) is 15.7. The van der Waals surface area contributed by atoms with Crippen molar-refractivity contribution in [2.24, 2.45) is 5.10 Å². The third-order valence-electron chi connectivity index (χ3n) is 4.22.